The zero-order chi connectivity index (χ0) is 15.6. The third-order valence-corrected chi connectivity index (χ3v) is 3.90. The van der Waals surface area contributed by atoms with Gasteiger partial charge in [-0.2, -0.15) is 0 Å². The third kappa shape index (κ3) is 4.90. The highest BCUT2D eigenvalue weighted by molar-refractivity contribution is 5.92. The second-order valence-corrected chi connectivity index (χ2v) is 6.30. The molecule has 0 radical (unpaired) electrons. The van der Waals surface area contributed by atoms with Crippen LogP contribution in [-0.2, 0) is 4.79 Å². The van der Waals surface area contributed by atoms with Crippen molar-refractivity contribution in [2.75, 3.05) is 25.0 Å². The number of anilines is 1. The van der Waals surface area contributed by atoms with Crippen molar-refractivity contribution < 1.29 is 13.6 Å². The Morgan fingerprint density at radius 3 is 2.50 bits per heavy atom. The SMILES string of the molecule is CC1(C)CN(CC(=O)Nc2cc(F)cc(F)c2)CCC1N.Cl. The lowest BCUT2D eigenvalue weighted by atomic mass is 9.80. The lowest BCUT2D eigenvalue weighted by molar-refractivity contribution is -0.118. The Labute approximate surface area is 135 Å². The van der Waals surface area contributed by atoms with Crippen molar-refractivity contribution in [3.8, 4) is 0 Å². The van der Waals surface area contributed by atoms with Gasteiger partial charge in [-0.25, -0.2) is 8.78 Å². The number of benzene rings is 1. The summed E-state index contributed by atoms with van der Waals surface area (Å²) in [5.74, 6) is -1.71. The number of hydrogen-bond acceptors (Lipinski definition) is 3. The summed E-state index contributed by atoms with van der Waals surface area (Å²) in [6.07, 6.45) is 0.828. The second kappa shape index (κ2) is 7.35. The summed E-state index contributed by atoms with van der Waals surface area (Å²) in [7, 11) is 0. The highest BCUT2D eigenvalue weighted by atomic mass is 35.5. The van der Waals surface area contributed by atoms with Crippen LogP contribution in [0.5, 0.6) is 0 Å². The Bertz CT molecular complexity index is 519. The molecule has 4 nitrogen and oxygen atoms in total. The summed E-state index contributed by atoms with van der Waals surface area (Å²) in [6, 6.07) is 3.08. The van der Waals surface area contributed by atoms with Crippen molar-refractivity contribution in [2.24, 2.45) is 11.1 Å². The van der Waals surface area contributed by atoms with Crippen LogP contribution in [0.25, 0.3) is 0 Å². The van der Waals surface area contributed by atoms with Crippen LogP contribution >= 0.6 is 12.4 Å². The molecule has 1 heterocycles. The molecule has 1 aromatic rings. The van der Waals surface area contributed by atoms with Crippen molar-refractivity contribution in [2.45, 2.75) is 26.3 Å². The summed E-state index contributed by atoms with van der Waals surface area (Å²) in [5.41, 5.74) is 6.13. The number of nitrogens with one attached hydrogen (secondary N) is 1. The van der Waals surface area contributed by atoms with Gasteiger partial charge in [0.2, 0.25) is 5.91 Å². The summed E-state index contributed by atoms with van der Waals surface area (Å²) >= 11 is 0. The summed E-state index contributed by atoms with van der Waals surface area (Å²) in [4.78, 5) is 14.0. The molecule has 0 bridgehead atoms. The topological polar surface area (TPSA) is 58.4 Å². The molecule has 0 aliphatic carbocycles. The second-order valence-electron chi connectivity index (χ2n) is 6.30. The van der Waals surface area contributed by atoms with Crippen molar-refractivity contribution >= 4 is 24.0 Å². The van der Waals surface area contributed by atoms with Crippen LogP contribution in [0.3, 0.4) is 0 Å². The zero-order valence-corrected chi connectivity index (χ0v) is 13.6. The van der Waals surface area contributed by atoms with E-state index in [-0.39, 0.29) is 42.0 Å². The fourth-order valence-electron chi connectivity index (χ4n) is 2.65. The van der Waals surface area contributed by atoms with E-state index in [0.717, 1.165) is 37.7 Å². The maximum absolute atomic E-state index is 13.1. The smallest absolute Gasteiger partial charge is 0.238 e. The van der Waals surface area contributed by atoms with Crippen LogP contribution in [-0.4, -0.2) is 36.5 Å². The molecule has 1 aliphatic rings. The van der Waals surface area contributed by atoms with Crippen LogP contribution in [0.2, 0.25) is 0 Å². The van der Waals surface area contributed by atoms with Gasteiger partial charge in [-0.3, -0.25) is 9.69 Å². The number of carbonyl (C=O) groups excluding carboxylic acids is 1. The number of carbonyl (C=O) groups is 1. The van der Waals surface area contributed by atoms with Gasteiger partial charge >= 0.3 is 0 Å². The number of hydrogen-bond donors (Lipinski definition) is 2. The number of rotatable bonds is 3. The summed E-state index contributed by atoms with van der Waals surface area (Å²) in [5, 5.41) is 2.52. The van der Waals surface area contributed by atoms with Crippen LogP contribution in [0.4, 0.5) is 14.5 Å². The fraction of sp³-hybridized carbons (Fsp3) is 0.533. The quantitative estimate of drug-likeness (QED) is 0.893. The first-order valence-electron chi connectivity index (χ1n) is 7.00. The molecule has 1 amide bonds. The van der Waals surface area contributed by atoms with Crippen molar-refractivity contribution in [3.63, 3.8) is 0 Å². The van der Waals surface area contributed by atoms with Crippen LogP contribution in [0.1, 0.15) is 20.3 Å². The molecule has 1 atom stereocenters. The number of halogens is 3. The number of amides is 1. The number of likely N-dealkylation sites (tertiary alicyclic amines) is 1. The summed E-state index contributed by atoms with van der Waals surface area (Å²) < 4.78 is 26.1. The molecule has 0 spiro atoms. The molecule has 0 saturated carbocycles. The molecule has 1 aliphatic heterocycles. The van der Waals surface area contributed by atoms with E-state index in [0.29, 0.717) is 0 Å². The van der Waals surface area contributed by atoms with E-state index < -0.39 is 11.6 Å². The molecule has 124 valence electrons. The van der Waals surface area contributed by atoms with Crippen LogP contribution in [0, 0.1) is 17.0 Å². The van der Waals surface area contributed by atoms with Gasteiger partial charge in [-0.05, 0) is 24.0 Å². The molecular formula is C15H22ClF2N3O. The number of nitrogens with two attached hydrogens (primary N) is 1. The highest BCUT2D eigenvalue weighted by Gasteiger charge is 2.33. The minimum absolute atomic E-state index is 0. The Morgan fingerprint density at radius 2 is 1.95 bits per heavy atom. The van der Waals surface area contributed by atoms with Gasteiger partial charge in [0, 0.05) is 30.9 Å². The molecule has 22 heavy (non-hydrogen) atoms. The molecule has 1 fully saturated rings. The molecule has 1 aromatic carbocycles. The molecule has 1 unspecified atom stereocenters. The van der Waals surface area contributed by atoms with E-state index in [2.05, 4.69) is 19.2 Å². The Morgan fingerprint density at radius 1 is 1.36 bits per heavy atom. The van der Waals surface area contributed by atoms with Gasteiger partial charge in [0.1, 0.15) is 11.6 Å². The average molecular weight is 334 g/mol. The maximum Gasteiger partial charge on any atom is 0.238 e. The number of piperidine rings is 1. The van der Waals surface area contributed by atoms with Crippen molar-refractivity contribution in [1.82, 2.24) is 4.90 Å². The monoisotopic (exact) mass is 333 g/mol. The standard InChI is InChI=1S/C15H21F2N3O.ClH/c1-15(2)9-20(4-3-13(15)18)8-14(21)19-12-6-10(16)5-11(17)7-12;/h5-7,13H,3-4,8-9,18H2,1-2H3,(H,19,21);1H. The van der Waals surface area contributed by atoms with Crippen molar-refractivity contribution in [1.29, 1.82) is 0 Å². The fourth-order valence-corrected chi connectivity index (χ4v) is 2.65. The largest absolute Gasteiger partial charge is 0.327 e. The Kier molecular flexibility index (Phi) is 6.28. The average Bonchev–Trinajstić information content (AvgIpc) is 2.32. The predicted molar refractivity (Wildman–Crippen MR) is 85.0 cm³/mol. The van der Waals surface area contributed by atoms with E-state index in [1.165, 1.54) is 0 Å². The summed E-state index contributed by atoms with van der Waals surface area (Å²) in [6.45, 7) is 5.80. The van der Waals surface area contributed by atoms with Gasteiger partial charge in [0.15, 0.2) is 0 Å². The maximum atomic E-state index is 13.1. The number of nitrogens with zero attached hydrogens (tertiary/aromatic N) is 1. The van der Waals surface area contributed by atoms with Crippen LogP contribution in [0.15, 0.2) is 18.2 Å². The van der Waals surface area contributed by atoms with E-state index in [9.17, 15) is 13.6 Å². The third-order valence-electron chi connectivity index (χ3n) is 3.90. The van der Waals surface area contributed by atoms with Crippen LogP contribution < -0.4 is 11.1 Å². The minimum Gasteiger partial charge on any atom is -0.327 e. The van der Waals surface area contributed by atoms with E-state index in [4.69, 9.17) is 5.73 Å². The lowest BCUT2D eigenvalue weighted by Crippen LogP contribution is -2.53. The molecular weight excluding hydrogens is 312 g/mol. The molecule has 7 heteroatoms. The first-order chi connectivity index (χ1) is 9.76. The molecule has 1 saturated heterocycles. The first kappa shape index (κ1) is 18.8. The zero-order valence-electron chi connectivity index (χ0n) is 12.7. The van der Waals surface area contributed by atoms with E-state index >= 15 is 0 Å². The molecule has 3 N–H and O–H groups in total. The molecule has 2 rings (SSSR count). The van der Waals surface area contributed by atoms with Gasteiger partial charge in [-0.1, -0.05) is 13.8 Å². The van der Waals surface area contributed by atoms with E-state index in [1.54, 1.807) is 0 Å². The van der Waals surface area contributed by atoms with Gasteiger partial charge < -0.3 is 11.1 Å². The highest BCUT2D eigenvalue weighted by Crippen LogP contribution is 2.27. The lowest BCUT2D eigenvalue weighted by Gasteiger charge is -2.42. The first-order valence-corrected chi connectivity index (χ1v) is 7.00. The van der Waals surface area contributed by atoms with E-state index in [1.807, 2.05) is 4.90 Å². The normalized spacial score (nSPS) is 21.0. The van der Waals surface area contributed by atoms with Crippen molar-refractivity contribution in [3.05, 3.63) is 29.8 Å². The van der Waals surface area contributed by atoms with Gasteiger partial charge in [0.25, 0.3) is 0 Å². The minimum atomic E-state index is -0.713. The Hall–Kier alpha value is -1.24. The van der Waals surface area contributed by atoms with Gasteiger partial charge in [0.05, 0.1) is 6.54 Å². The molecule has 0 aromatic heterocycles. The predicted octanol–water partition coefficient (Wildman–Crippen LogP) is 2.38. The van der Waals surface area contributed by atoms with Gasteiger partial charge in [-0.15, -0.1) is 12.4 Å². The Balaban J connectivity index is 0.00000242.